The first kappa shape index (κ1) is 21.1. The Labute approximate surface area is 186 Å². The number of benzene rings is 3. The van der Waals surface area contributed by atoms with Gasteiger partial charge in [0.05, 0.1) is 15.2 Å². The van der Waals surface area contributed by atoms with E-state index >= 15 is 0 Å². The molecule has 2 N–H and O–H groups in total. The van der Waals surface area contributed by atoms with Gasteiger partial charge in [-0.1, -0.05) is 24.3 Å². The Morgan fingerprint density at radius 1 is 1.00 bits per heavy atom. The normalized spacial score (nSPS) is 10.7. The molecular formula is C23H15IN2O4. The lowest BCUT2D eigenvalue weighted by atomic mass is 10.1. The van der Waals surface area contributed by atoms with Crippen molar-refractivity contribution in [2.75, 3.05) is 0 Å². The maximum absolute atomic E-state index is 12.3. The highest BCUT2D eigenvalue weighted by Crippen LogP contribution is 2.26. The number of ether oxygens (including phenoxy) is 1. The average molecular weight is 510 g/mol. The summed E-state index contributed by atoms with van der Waals surface area (Å²) in [4.78, 5) is 23.9. The number of para-hydroxylation sites is 1. The molecule has 0 aliphatic rings. The van der Waals surface area contributed by atoms with Crippen molar-refractivity contribution in [2.24, 2.45) is 0 Å². The summed E-state index contributed by atoms with van der Waals surface area (Å²) in [6.07, 6.45) is 1.36. The highest BCUT2D eigenvalue weighted by Gasteiger charge is 2.13. The number of aliphatic carboxylic acids is 1. The van der Waals surface area contributed by atoms with Crippen LogP contribution in [0.1, 0.15) is 21.5 Å². The van der Waals surface area contributed by atoms with Crippen molar-refractivity contribution < 1.29 is 19.4 Å². The highest BCUT2D eigenvalue weighted by molar-refractivity contribution is 14.1. The summed E-state index contributed by atoms with van der Waals surface area (Å²) >= 11 is 2.18. The molecule has 3 rings (SSSR count). The molecule has 148 valence electrons. The lowest BCUT2D eigenvalue weighted by molar-refractivity contribution is -0.132. The second-order valence-electron chi connectivity index (χ2n) is 6.11. The molecule has 6 nitrogen and oxygen atoms in total. The number of carboxylic acid groups (broad SMARTS) is 1. The fourth-order valence-electron chi connectivity index (χ4n) is 2.50. The van der Waals surface area contributed by atoms with Crippen LogP contribution in [0, 0.1) is 14.9 Å². The fraction of sp³-hybridized carbons (Fsp3) is 0. The van der Waals surface area contributed by atoms with Gasteiger partial charge in [-0.05, 0) is 82.8 Å². The van der Waals surface area contributed by atoms with Gasteiger partial charge in [0.25, 0.3) is 5.91 Å². The predicted octanol–water partition coefficient (Wildman–Crippen LogP) is 4.81. The van der Waals surface area contributed by atoms with Crippen LogP contribution in [-0.4, -0.2) is 17.0 Å². The van der Waals surface area contributed by atoms with Gasteiger partial charge in [0.15, 0.2) is 0 Å². The maximum atomic E-state index is 12.3. The van der Waals surface area contributed by atoms with E-state index in [1.807, 2.05) is 30.3 Å². The smallest absolute Gasteiger partial charge is 0.352 e. The number of carbonyl (C=O) groups is 2. The molecule has 0 saturated heterocycles. The van der Waals surface area contributed by atoms with E-state index < -0.39 is 11.9 Å². The number of carboxylic acids is 1. The lowest BCUT2D eigenvalue weighted by Crippen LogP contribution is -2.27. The monoisotopic (exact) mass is 510 g/mol. The van der Waals surface area contributed by atoms with E-state index in [1.165, 1.54) is 30.3 Å². The van der Waals surface area contributed by atoms with Crippen molar-refractivity contribution in [2.45, 2.75) is 0 Å². The zero-order valence-corrected chi connectivity index (χ0v) is 17.7. The SMILES string of the molecule is N#Cc1ccc(C(=O)N/C(=C\c2ccc(Oc3ccccc3I)cc2)C(=O)O)cc1. The first-order chi connectivity index (χ1) is 14.5. The predicted molar refractivity (Wildman–Crippen MR) is 120 cm³/mol. The Balaban J connectivity index is 1.74. The van der Waals surface area contributed by atoms with Crippen LogP contribution in [0.25, 0.3) is 6.08 Å². The number of amides is 1. The van der Waals surface area contributed by atoms with E-state index in [4.69, 9.17) is 10.00 Å². The maximum Gasteiger partial charge on any atom is 0.352 e. The number of halogens is 1. The zero-order valence-electron chi connectivity index (χ0n) is 15.5. The van der Waals surface area contributed by atoms with Crippen LogP contribution in [0.5, 0.6) is 11.5 Å². The quantitative estimate of drug-likeness (QED) is 0.367. The summed E-state index contributed by atoms with van der Waals surface area (Å²) in [5.74, 6) is -0.514. The second kappa shape index (κ2) is 9.71. The molecule has 0 unspecified atom stereocenters. The van der Waals surface area contributed by atoms with Crippen molar-refractivity contribution in [3.05, 3.63) is 98.8 Å². The molecule has 0 spiro atoms. The number of nitriles is 1. The Bertz CT molecular complexity index is 1150. The highest BCUT2D eigenvalue weighted by atomic mass is 127. The molecule has 1 amide bonds. The van der Waals surface area contributed by atoms with Crippen molar-refractivity contribution in [1.29, 1.82) is 5.26 Å². The third-order valence-corrected chi connectivity index (χ3v) is 4.90. The van der Waals surface area contributed by atoms with Crippen molar-refractivity contribution in [3.63, 3.8) is 0 Å². The molecule has 0 bridgehead atoms. The summed E-state index contributed by atoms with van der Waals surface area (Å²) in [7, 11) is 0. The van der Waals surface area contributed by atoms with E-state index in [9.17, 15) is 14.7 Å². The summed E-state index contributed by atoms with van der Waals surface area (Å²) < 4.78 is 6.79. The second-order valence-corrected chi connectivity index (χ2v) is 7.27. The molecule has 3 aromatic carbocycles. The topological polar surface area (TPSA) is 99.4 Å². The third-order valence-electron chi connectivity index (χ3n) is 4.01. The zero-order chi connectivity index (χ0) is 21.5. The molecule has 0 atom stereocenters. The number of hydrogen-bond donors (Lipinski definition) is 2. The van der Waals surface area contributed by atoms with E-state index in [0.717, 1.165) is 9.32 Å². The van der Waals surface area contributed by atoms with E-state index in [0.29, 0.717) is 16.9 Å². The van der Waals surface area contributed by atoms with Crippen LogP contribution in [0.3, 0.4) is 0 Å². The van der Waals surface area contributed by atoms with Gasteiger partial charge in [-0.15, -0.1) is 0 Å². The molecule has 7 heteroatoms. The minimum absolute atomic E-state index is 0.252. The van der Waals surface area contributed by atoms with Gasteiger partial charge in [-0.25, -0.2) is 4.79 Å². The number of nitrogens with one attached hydrogen (secondary N) is 1. The molecule has 0 radical (unpaired) electrons. The summed E-state index contributed by atoms with van der Waals surface area (Å²) in [5, 5.41) is 20.6. The number of carbonyl (C=O) groups excluding carboxylic acids is 1. The molecule has 0 aromatic heterocycles. The van der Waals surface area contributed by atoms with Gasteiger partial charge in [0.2, 0.25) is 0 Å². The summed E-state index contributed by atoms with van der Waals surface area (Å²) in [6.45, 7) is 0. The molecule has 3 aromatic rings. The standard InChI is InChI=1S/C23H15IN2O4/c24-19-3-1-2-4-21(19)30-18-11-7-15(8-12-18)13-20(23(28)29)26-22(27)17-9-5-16(14-25)6-10-17/h1-13H,(H,26,27)(H,28,29)/b20-13-. The third kappa shape index (κ3) is 5.46. The molecule has 0 heterocycles. The molecule has 30 heavy (non-hydrogen) atoms. The van der Waals surface area contributed by atoms with Crippen LogP contribution in [-0.2, 0) is 4.79 Å². The van der Waals surface area contributed by atoms with Crippen LogP contribution >= 0.6 is 22.6 Å². The first-order valence-corrected chi connectivity index (χ1v) is 9.83. The van der Waals surface area contributed by atoms with Gasteiger partial charge >= 0.3 is 5.97 Å². The van der Waals surface area contributed by atoms with E-state index in [2.05, 4.69) is 27.9 Å². The molecule has 0 saturated carbocycles. The van der Waals surface area contributed by atoms with Gasteiger partial charge in [-0.2, -0.15) is 5.26 Å². The largest absolute Gasteiger partial charge is 0.477 e. The summed E-state index contributed by atoms with van der Waals surface area (Å²) in [5.41, 5.74) is 0.980. The number of nitrogens with zero attached hydrogens (tertiary/aromatic N) is 1. The fourth-order valence-corrected chi connectivity index (χ4v) is 2.99. The summed E-state index contributed by atoms with van der Waals surface area (Å²) in [6, 6.07) is 22.3. The first-order valence-electron chi connectivity index (χ1n) is 8.75. The number of rotatable bonds is 6. The van der Waals surface area contributed by atoms with Crippen molar-refractivity contribution >= 4 is 40.5 Å². The Morgan fingerprint density at radius 2 is 1.67 bits per heavy atom. The minimum atomic E-state index is -1.27. The van der Waals surface area contributed by atoms with Gasteiger partial charge < -0.3 is 15.2 Å². The molecule has 0 aliphatic carbocycles. The van der Waals surface area contributed by atoms with E-state index in [-0.39, 0.29) is 11.3 Å². The van der Waals surface area contributed by atoms with Crippen molar-refractivity contribution in [1.82, 2.24) is 5.32 Å². The van der Waals surface area contributed by atoms with Crippen molar-refractivity contribution in [3.8, 4) is 17.6 Å². The van der Waals surface area contributed by atoms with Crippen LogP contribution in [0.2, 0.25) is 0 Å². The molecular weight excluding hydrogens is 495 g/mol. The average Bonchev–Trinajstić information content (AvgIpc) is 2.76. The van der Waals surface area contributed by atoms with Crippen LogP contribution in [0.4, 0.5) is 0 Å². The Kier molecular flexibility index (Phi) is 6.83. The molecule has 0 aliphatic heterocycles. The van der Waals surface area contributed by atoms with Crippen LogP contribution < -0.4 is 10.1 Å². The lowest BCUT2D eigenvalue weighted by Gasteiger charge is -2.09. The Hall–Kier alpha value is -3.64. The van der Waals surface area contributed by atoms with Crippen LogP contribution in [0.15, 0.2) is 78.5 Å². The van der Waals surface area contributed by atoms with E-state index in [1.54, 1.807) is 24.3 Å². The number of hydrogen-bond acceptors (Lipinski definition) is 4. The minimum Gasteiger partial charge on any atom is -0.477 e. The van der Waals surface area contributed by atoms with Gasteiger partial charge in [0, 0.05) is 5.56 Å². The molecule has 0 fully saturated rings. The van der Waals surface area contributed by atoms with Gasteiger partial charge in [0.1, 0.15) is 17.2 Å². The van der Waals surface area contributed by atoms with Gasteiger partial charge in [-0.3, -0.25) is 4.79 Å². The Morgan fingerprint density at radius 3 is 2.27 bits per heavy atom.